The lowest BCUT2D eigenvalue weighted by Gasteiger charge is -2.41. The number of ketones is 1. The predicted octanol–water partition coefficient (Wildman–Crippen LogP) is 5.95. The molecule has 2 aromatic heterocycles. The number of hydrogen-bond acceptors (Lipinski definition) is 7. The van der Waals surface area contributed by atoms with Gasteiger partial charge in [-0.25, -0.2) is 0 Å². The third kappa shape index (κ3) is 3.83. The first kappa shape index (κ1) is 22.5. The van der Waals surface area contributed by atoms with Gasteiger partial charge in [0.2, 0.25) is 0 Å². The summed E-state index contributed by atoms with van der Waals surface area (Å²) in [6.07, 6.45) is 4.51. The van der Waals surface area contributed by atoms with E-state index in [-0.39, 0.29) is 11.7 Å². The number of hydrogen-bond donors (Lipinski definition) is 1. The molecule has 7 heteroatoms. The summed E-state index contributed by atoms with van der Waals surface area (Å²) >= 11 is 3.32. The highest BCUT2D eigenvalue weighted by Crippen LogP contribution is 2.51. The van der Waals surface area contributed by atoms with Gasteiger partial charge in [-0.3, -0.25) is 14.7 Å². The number of thiophene rings is 1. The standard InChI is InChI=1S/C27H24N4OS2/c1-2-33-23-10-12-34-26(23)24-20(15-28)27(29)31(19-9-6-11-30-16-19)21-13-18(14-22(32)25(21)24)17-7-4-3-5-8-17/h3-12,16,18,24H,2,13-14,29H2,1H3/t18-,24-/m1/s1. The van der Waals surface area contributed by atoms with Gasteiger partial charge in [0.05, 0.1) is 29.4 Å². The maximum Gasteiger partial charge on any atom is 0.162 e. The monoisotopic (exact) mass is 484 g/mol. The molecule has 1 aromatic carbocycles. The Morgan fingerprint density at radius 2 is 2.03 bits per heavy atom. The number of Topliss-reactive ketones (excluding diaryl/α,β-unsaturated/α-hetero) is 1. The number of nitrogens with zero attached hydrogens (tertiary/aromatic N) is 3. The quantitative estimate of drug-likeness (QED) is 0.450. The summed E-state index contributed by atoms with van der Waals surface area (Å²) in [5.74, 6) is 0.981. The third-order valence-corrected chi connectivity index (χ3v) is 8.43. The number of pyridine rings is 1. The van der Waals surface area contributed by atoms with Crippen LogP contribution in [-0.2, 0) is 4.79 Å². The molecular formula is C27H24N4OS2. The number of thioether (sulfide) groups is 1. The maximum absolute atomic E-state index is 13.9. The normalized spacial score (nSPS) is 20.4. The molecule has 5 nitrogen and oxygen atoms in total. The number of anilines is 1. The molecule has 3 aromatic rings. The Hall–Kier alpha value is -3.34. The van der Waals surface area contributed by atoms with Gasteiger partial charge in [0.25, 0.3) is 0 Å². The van der Waals surface area contributed by atoms with Crippen molar-refractivity contribution in [3.8, 4) is 6.07 Å². The molecular weight excluding hydrogens is 460 g/mol. The number of rotatable bonds is 5. The minimum absolute atomic E-state index is 0.0523. The number of aromatic nitrogens is 1. The second kappa shape index (κ2) is 9.49. The van der Waals surface area contributed by atoms with Crippen LogP contribution < -0.4 is 10.6 Å². The minimum Gasteiger partial charge on any atom is -0.384 e. The van der Waals surface area contributed by atoms with Crippen LogP contribution in [0.3, 0.4) is 0 Å². The summed E-state index contributed by atoms with van der Waals surface area (Å²) in [5, 5.41) is 12.3. The Bertz CT molecular complexity index is 1320. The van der Waals surface area contributed by atoms with Crippen molar-refractivity contribution in [1.29, 1.82) is 5.26 Å². The van der Waals surface area contributed by atoms with E-state index in [9.17, 15) is 10.1 Å². The second-order valence-electron chi connectivity index (χ2n) is 8.27. The molecule has 2 N–H and O–H groups in total. The molecule has 0 bridgehead atoms. The SMILES string of the molecule is CCSc1ccsc1[C@@H]1C(C#N)=C(N)N(c2cccnc2)C2=C1C(=O)C[C@H](c1ccccc1)C2. The molecule has 0 saturated carbocycles. The average Bonchev–Trinajstić information content (AvgIpc) is 3.32. The fraction of sp³-hybridized carbons (Fsp3) is 0.222. The molecule has 3 heterocycles. The smallest absolute Gasteiger partial charge is 0.162 e. The topological polar surface area (TPSA) is 83.0 Å². The molecule has 0 spiro atoms. The van der Waals surface area contributed by atoms with Crippen molar-refractivity contribution in [2.24, 2.45) is 5.73 Å². The number of nitriles is 1. The van der Waals surface area contributed by atoms with Gasteiger partial charge >= 0.3 is 0 Å². The molecule has 1 aliphatic carbocycles. The first-order valence-corrected chi connectivity index (χ1v) is 13.1. The van der Waals surface area contributed by atoms with Crippen LogP contribution in [0.25, 0.3) is 0 Å². The first-order valence-electron chi connectivity index (χ1n) is 11.2. The van der Waals surface area contributed by atoms with Crippen LogP contribution >= 0.6 is 23.1 Å². The lowest BCUT2D eigenvalue weighted by atomic mass is 9.73. The highest BCUT2D eigenvalue weighted by atomic mass is 32.2. The van der Waals surface area contributed by atoms with Crippen molar-refractivity contribution in [3.05, 3.63) is 99.4 Å². The van der Waals surface area contributed by atoms with Gasteiger partial charge in [0, 0.05) is 33.7 Å². The van der Waals surface area contributed by atoms with Gasteiger partial charge in [-0.2, -0.15) is 5.26 Å². The first-order chi connectivity index (χ1) is 16.6. The lowest BCUT2D eigenvalue weighted by molar-refractivity contribution is -0.116. The molecule has 0 amide bonds. The maximum atomic E-state index is 13.9. The van der Waals surface area contributed by atoms with E-state index in [0.717, 1.165) is 32.5 Å². The molecule has 170 valence electrons. The summed E-state index contributed by atoms with van der Waals surface area (Å²) in [6, 6.07) is 18.4. The largest absolute Gasteiger partial charge is 0.384 e. The van der Waals surface area contributed by atoms with E-state index < -0.39 is 5.92 Å². The number of carbonyl (C=O) groups excluding carboxylic acids is 1. The van der Waals surface area contributed by atoms with Crippen molar-refractivity contribution in [2.45, 2.75) is 36.5 Å². The van der Waals surface area contributed by atoms with E-state index in [1.165, 1.54) is 0 Å². The summed E-state index contributed by atoms with van der Waals surface area (Å²) in [7, 11) is 0. The fourth-order valence-corrected chi connectivity index (χ4v) is 6.98. The Kier molecular flexibility index (Phi) is 6.27. The molecule has 0 radical (unpaired) electrons. The minimum atomic E-state index is -0.439. The molecule has 2 atom stereocenters. The number of benzene rings is 1. The van der Waals surface area contributed by atoms with Crippen molar-refractivity contribution >= 4 is 34.6 Å². The molecule has 2 aliphatic rings. The molecule has 0 unspecified atom stereocenters. The van der Waals surface area contributed by atoms with Crippen LogP contribution in [0.1, 0.15) is 42.0 Å². The van der Waals surface area contributed by atoms with Crippen LogP contribution in [0.4, 0.5) is 5.69 Å². The van der Waals surface area contributed by atoms with Crippen molar-refractivity contribution in [3.63, 3.8) is 0 Å². The number of allylic oxidation sites excluding steroid dienone is 3. The van der Waals surface area contributed by atoms with Gasteiger partial charge < -0.3 is 5.73 Å². The number of carbonyl (C=O) groups is 1. The summed E-state index contributed by atoms with van der Waals surface area (Å²) in [4.78, 5) is 22.1. The van der Waals surface area contributed by atoms with Crippen LogP contribution in [0.15, 0.2) is 93.9 Å². The molecule has 0 fully saturated rings. The van der Waals surface area contributed by atoms with E-state index in [1.54, 1.807) is 35.5 Å². The third-order valence-electron chi connectivity index (χ3n) is 6.36. The Balaban J connectivity index is 1.72. The van der Waals surface area contributed by atoms with Crippen molar-refractivity contribution < 1.29 is 4.79 Å². The van der Waals surface area contributed by atoms with Crippen LogP contribution in [0.5, 0.6) is 0 Å². The van der Waals surface area contributed by atoms with E-state index in [0.29, 0.717) is 29.8 Å². The highest BCUT2D eigenvalue weighted by molar-refractivity contribution is 7.99. The Morgan fingerprint density at radius 3 is 2.74 bits per heavy atom. The van der Waals surface area contributed by atoms with Crippen molar-refractivity contribution in [2.75, 3.05) is 10.7 Å². The molecule has 5 rings (SSSR count). The highest BCUT2D eigenvalue weighted by Gasteiger charge is 2.44. The zero-order chi connectivity index (χ0) is 23.7. The van der Waals surface area contributed by atoms with E-state index >= 15 is 0 Å². The van der Waals surface area contributed by atoms with Gasteiger partial charge in [-0.05, 0) is 47.2 Å². The van der Waals surface area contributed by atoms with Gasteiger partial charge in [-0.15, -0.1) is 23.1 Å². The van der Waals surface area contributed by atoms with Crippen molar-refractivity contribution in [1.82, 2.24) is 4.98 Å². The average molecular weight is 485 g/mol. The molecule has 34 heavy (non-hydrogen) atoms. The Morgan fingerprint density at radius 1 is 1.21 bits per heavy atom. The zero-order valence-corrected chi connectivity index (χ0v) is 20.4. The molecule has 0 saturated heterocycles. The van der Waals surface area contributed by atoms with Crippen LogP contribution in [-0.4, -0.2) is 16.5 Å². The van der Waals surface area contributed by atoms with Gasteiger partial charge in [0.1, 0.15) is 5.82 Å². The molecule has 1 aliphatic heterocycles. The lowest BCUT2D eigenvalue weighted by Crippen LogP contribution is -2.40. The van der Waals surface area contributed by atoms with Gasteiger partial charge in [0.15, 0.2) is 5.78 Å². The van der Waals surface area contributed by atoms with E-state index in [2.05, 4.69) is 36.2 Å². The predicted molar refractivity (Wildman–Crippen MR) is 137 cm³/mol. The fourth-order valence-electron chi connectivity index (χ4n) is 4.93. The zero-order valence-electron chi connectivity index (χ0n) is 18.8. The van der Waals surface area contributed by atoms with E-state index in [1.807, 2.05) is 40.6 Å². The van der Waals surface area contributed by atoms with Crippen LogP contribution in [0.2, 0.25) is 0 Å². The van der Waals surface area contributed by atoms with Gasteiger partial charge in [-0.1, -0.05) is 37.3 Å². The summed E-state index contributed by atoms with van der Waals surface area (Å²) < 4.78 is 0. The second-order valence-corrected chi connectivity index (χ2v) is 10.5. The number of nitrogens with two attached hydrogens (primary N) is 1. The summed E-state index contributed by atoms with van der Waals surface area (Å²) in [6.45, 7) is 2.10. The summed E-state index contributed by atoms with van der Waals surface area (Å²) in [5.41, 5.74) is 10.6. The van der Waals surface area contributed by atoms with E-state index in [4.69, 9.17) is 5.73 Å². The Labute approximate surface area is 207 Å². The van der Waals surface area contributed by atoms with Crippen LogP contribution in [0, 0.1) is 11.3 Å².